The van der Waals surface area contributed by atoms with Crippen LogP contribution >= 0.6 is 22.6 Å². The van der Waals surface area contributed by atoms with Gasteiger partial charge < -0.3 is 9.84 Å². The molecule has 0 atom stereocenters. The number of phenols is 1. The molecule has 0 bridgehead atoms. The Kier molecular flexibility index (Phi) is 4.79. The fourth-order valence-corrected chi connectivity index (χ4v) is 2.19. The quantitative estimate of drug-likeness (QED) is 0.497. The molecule has 0 saturated heterocycles. The molecule has 0 amide bonds. The molecule has 3 nitrogen and oxygen atoms in total. The summed E-state index contributed by atoms with van der Waals surface area (Å²) in [6.07, 6.45) is 3.07. The number of aromatic hydroxyl groups is 1. The highest BCUT2D eigenvalue weighted by Crippen LogP contribution is 2.21. The number of allylic oxidation sites excluding steroid dienone is 1. The van der Waals surface area contributed by atoms with Crippen LogP contribution in [0, 0.1) is 3.57 Å². The maximum Gasteiger partial charge on any atom is 0.185 e. The van der Waals surface area contributed by atoms with Gasteiger partial charge in [-0.05, 0) is 77.2 Å². The van der Waals surface area contributed by atoms with Crippen molar-refractivity contribution in [2.45, 2.75) is 0 Å². The van der Waals surface area contributed by atoms with Crippen LogP contribution in [-0.2, 0) is 0 Å². The second-order valence-corrected chi connectivity index (χ2v) is 5.37. The van der Waals surface area contributed by atoms with Gasteiger partial charge in [0.2, 0.25) is 0 Å². The third kappa shape index (κ3) is 3.60. The molecule has 0 spiro atoms. The first kappa shape index (κ1) is 14.6. The van der Waals surface area contributed by atoms with Crippen molar-refractivity contribution in [2.24, 2.45) is 0 Å². The lowest BCUT2D eigenvalue weighted by molar-refractivity contribution is 0.104. The van der Waals surface area contributed by atoms with E-state index in [9.17, 15) is 9.90 Å². The van der Waals surface area contributed by atoms with E-state index < -0.39 is 0 Å². The number of rotatable bonds is 4. The molecule has 2 rings (SSSR count). The Morgan fingerprint density at radius 3 is 2.55 bits per heavy atom. The Balaban J connectivity index is 2.17. The van der Waals surface area contributed by atoms with Crippen molar-refractivity contribution >= 4 is 34.5 Å². The van der Waals surface area contributed by atoms with E-state index >= 15 is 0 Å². The molecule has 2 aromatic carbocycles. The first-order chi connectivity index (χ1) is 9.60. The Morgan fingerprint density at radius 1 is 1.20 bits per heavy atom. The highest BCUT2D eigenvalue weighted by Gasteiger charge is 2.03. The smallest absolute Gasteiger partial charge is 0.185 e. The zero-order chi connectivity index (χ0) is 14.5. The predicted octanol–water partition coefficient (Wildman–Crippen LogP) is 3.90. The third-order valence-corrected chi connectivity index (χ3v) is 3.45. The molecule has 0 heterocycles. The van der Waals surface area contributed by atoms with Crippen molar-refractivity contribution in [1.29, 1.82) is 0 Å². The molecule has 0 radical (unpaired) electrons. The standard InChI is InChI=1S/C16H13IO3/c1-20-14-6-2-11(3-7-14)15(18)8-4-12-10-13(17)5-9-16(12)19/h2-10,19H,1H3/b8-4+. The van der Waals surface area contributed by atoms with E-state index in [4.69, 9.17) is 4.74 Å². The van der Waals surface area contributed by atoms with Crippen molar-refractivity contribution < 1.29 is 14.6 Å². The van der Waals surface area contributed by atoms with Gasteiger partial charge in [0, 0.05) is 14.7 Å². The molecule has 1 N–H and O–H groups in total. The van der Waals surface area contributed by atoms with E-state index in [1.165, 1.54) is 6.08 Å². The third-order valence-electron chi connectivity index (χ3n) is 2.78. The number of halogens is 1. The number of ether oxygens (including phenoxy) is 1. The Bertz CT molecular complexity index is 645. The van der Waals surface area contributed by atoms with Crippen LogP contribution in [0.4, 0.5) is 0 Å². The summed E-state index contributed by atoms with van der Waals surface area (Å²) in [5.41, 5.74) is 1.20. The van der Waals surface area contributed by atoms with Gasteiger partial charge in [-0.25, -0.2) is 0 Å². The zero-order valence-electron chi connectivity index (χ0n) is 10.8. The normalized spacial score (nSPS) is 10.7. The minimum absolute atomic E-state index is 0.120. The Morgan fingerprint density at radius 2 is 1.90 bits per heavy atom. The van der Waals surface area contributed by atoms with Gasteiger partial charge in [-0.2, -0.15) is 0 Å². The molecule has 4 heteroatoms. The van der Waals surface area contributed by atoms with Crippen molar-refractivity contribution in [3.05, 3.63) is 63.2 Å². The van der Waals surface area contributed by atoms with E-state index in [2.05, 4.69) is 22.6 Å². The second kappa shape index (κ2) is 6.56. The van der Waals surface area contributed by atoms with Gasteiger partial charge in [-0.3, -0.25) is 4.79 Å². The van der Waals surface area contributed by atoms with Crippen LogP contribution in [0.25, 0.3) is 6.08 Å². The van der Waals surface area contributed by atoms with E-state index in [-0.39, 0.29) is 11.5 Å². The molecule has 0 aliphatic rings. The minimum atomic E-state index is -0.120. The summed E-state index contributed by atoms with van der Waals surface area (Å²) < 4.78 is 6.04. The molecule has 2 aromatic rings. The summed E-state index contributed by atoms with van der Waals surface area (Å²) in [6, 6.07) is 12.1. The minimum Gasteiger partial charge on any atom is -0.507 e. The summed E-state index contributed by atoms with van der Waals surface area (Å²) >= 11 is 2.15. The first-order valence-electron chi connectivity index (χ1n) is 5.95. The topological polar surface area (TPSA) is 46.5 Å². The van der Waals surface area contributed by atoms with Crippen LogP contribution in [0.5, 0.6) is 11.5 Å². The van der Waals surface area contributed by atoms with Gasteiger partial charge in [0.25, 0.3) is 0 Å². The summed E-state index contributed by atoms with van der Waals surface area (Å²) in [5.74, 6) is 0.746. The molecule has 0 aromatic heterocycles. The van der Waals surface area contributed by atoms with Gasteiger partial charge in [0.15, 0.2) is 5.78 Å². The maximum absolute atomic E-state index is 12.0. The van der Waals surface area contributed by atoms with Gasteiger partial charge >= 0.3 is 0 Å². The van der Waals surface area contributed by atoms with Crippen LogP contribution in [0.3, 0.4) is 0 Å². The number of benzene rings is 2. The Hall–Kier alpha value is -1.82. The molecule has 0 fully saturated rings. The zero-order valence-corrected chi connectivity index (χ0v) is 13.0. The summed E-state index contributed by atoms with van der Waals surface area (Å²) in [5, 5.41) is 9.70. The van der Waals surface area contributed by atoms with Crippen molar-refractivity contribution in [3.63, 3.8) is 0 Å². The average Bonchev–Trinajstić information content (AvgIpc) is 2.48. The van der Waals surface area contributed by atoms with E-state index in [0.717, 1.165) is 3.57 Å². The fourth-order valence-electron chi connectivity index (χ4n) is 1.68. The van der Waals surface area contributed by atoms with Crippen LogP contribution < -0.4 is 4.74 Å². The number of hydrogen-bond donors (Lipinski definition) is 1. The lowest BCUT2D eigenvalue weighted by Gasteiger charge is -2.01. The molecular formula is C16H13IO3. The van der Waals surface area contributed by atoms with Gasteiger partial charge in [-0.1, -0.05) is 0 Å². The monoisotopic (exact) mass is 380 g/mol. The SMILES string of the molecule is COc1ccc(C(=O)/C=C/c2cc(I)ccc2O)cc1. The molecular weight excluding hydrogens is 367 g/mol. The second-order valence-electron chi connectivity index (χ2n) is 4.13. The largest absolute Gasteiger partial charge is 0.507 e. The highest BCUT2D eigenvalue weighted by atomic mass is 127. The van der Waals surface area contributed by atoms with Crippen LogP contribution in [0.1, 0.15) is 15.9 Å². The van der Waals surface area contributed by atoms with Gasteiger partial charge in [0.05, 0.1) is 7.11 Å². The average molecular weight is 380 g/mol. The lowest BCUT2D eigenvalue weighted by Crippen LogP contribution is -1.94. The van der Waals surface area contributed by atoms with Crippen LogP contribution in [0.15, 0.2) is 48.5 Å². The molecule has 0 saturated carbocycles. The number of phenolic OH excluding ortho intramolecular Hbond substituents is 1. The first-order valence-corrected chi connectivity index (χ1v) is 7.03. The molecule has 0 aliphatic carbocycles. The molecule has 20 heavy (non-hydrogen) atoms. The van der Waals surface area contributed by atoms with Crippen LogP contribution in [0.2, 0.25) is 0 Å². The number of carbonyl (C=O) groups is 1. The Labute approximate surface area is 131 Å². The highest BCUT2D eigenvalue weighted by molar-refractivity contribution is 14.1. The molecule has 102 valence electrons. The van der Waals surface area contributed by atoms with Gasteiger partial charge in [0.1, 0.15) is 11.5 Å². The number of hydrogen-bond acceptors (Lipinski definition) is 3. The summed E-state index contributed by atoms with van der Waals surface area (Å²) in [6.45, 7) is 0. The number of methoxy groups -OCH3 is 1. The predicted molar refractivity (Wildman–Crippen MR) is 87.2 cm³/mol. The number of carbonyl (C=O) groups excluding carboxylic acids is 1. The summed E-state index contributed by atoms with van der Waals surface area (Å²) in [4.78, 5) is 12.0. The molecule has 0 aliphatic heterocycles. The van der Waals surface area contributed by atoms with Gasteiger partial charge in [-0.15, -0.1) is 0 Å². The van der Waals surface area contributed by atoms with E-state index in [0.29, 0.717) is 16.9 Å². The van der Waals surface area contributed by atoms with E-state index in [1.54, 1.807) is 49.6 Å². The fraction of sp³-hybridized carbons (Fsp3) is 0.0625. The summed E-state index contributed by atoms with van der Waals surface area (Å²) in [7, 11) is 1.58. The van der Waals surface area contributed by atoms with Crippen molar-refractivity contribution in [2.75, 3.05) is 7.11 Å². The lowest BCUT2D eigenvalue weighted by atomic mass is 10.1. The van der Waals surface area contributed by atoms with Crippen molar-refractivity contribution in [3.8, 4) is 11.5 Å². The molecule has 0 unspecified atom stereocenters. The van der Waals surface area contributed by atoms with Crippen LogP contribution in [-0.4, -0.2) is 18.0 Å². The maximum atomic E-state index is 12.0. The van der Waals surface area contributed by atoms with E-state index in [1.807, 2.05) is 6.07 Å². The number of ketones is 1. The van der Waals surface area contributed by atoms with Crippen molar-refractivity contribution in [1.82, 2.24) is 0 Å².